The highest BCUT2D eigenvalue weighted by Gasteiger charge is 2.23. The van der Waals surface area contributed by atoms with E-state index in [0.717, 1.165) is 25.2 Å². The van der Waals surface area contributed by atoms with Crippen LogP contribution in [-0.2, 0) is 0 Å². The van der Waals surface area contributed by atoms with Crippen LogP contribution in [0, 0.1) is 0 Å². The van der Waals surface area contributed by atoms with Crippen molar-refractivity contribution in [1.29, 1.82) is 0 Å². The number of aromatic nitrogens is 2. The zero-order valence-corrected chi connectivity index (χ0v) is 7.73. The first-order chi connectivity index (χ1) is 6.79. The molecule has 1 atom stereocenters. The topological polar surface area (TPSA) is 80.9 Å². The molecule has 0 saturated carbocycles. The molecule has 2 rings (SSSR count). The summed E-state index contributed by atoms with van der Waals surface area (Å²) in [6.07, 6.45) is 4.07. The van der Waals surface area contributed by atoms with Crippen LogP contribution in [0.25, 0.3) is 0 Å². The lowest BCUT2D eigenvalue weighted by Gasteiger charge is -2.09. The lowest BCUT2D eigenvalue weighted by atomic mass is 10.0. The summed E-state index contributed by atoms with van der Waals surface area (Å²) in [5.41, 5.74) is 6.25. The Hall–Kier alpha value is -1.49. The molecule has 1 amide bonds. The maximum atomic E-state index is 11.1. The van der Waals surface area contributed by atoms with Crippen molar-refractivity contribution in [3.63, 3.8) is 0 Å². The molecular formula is C9H12N4O. The van der Waals surface area contributed by atoms with Gasteiger partial charge in [-0.15, -0.1) is 0 Å². The Morgan fingerprint density at radius 2 is 2.29 bits per heavy atom. The van der Waals surface area contributed by atoms with Crippen molar-refractivity contribution in [3.8, 4) is 0 Å². The number of nitrogens with one attached hydrogen (secondary N) is 1. The van der Waals surface area contributed by atoms with E-state index < -0.39 is 5.91 Å². The Balaban J connectivity index is 2.35. The third-order valence-electron chi connectivity index (χ3n) is 2.41. The molecule has 1 fully saturated rings. The van der Waals surface area contributed by atoms with Gasteiger partial charge in [0.1, 0.15) is 5.69 Å². The summed E-state index contributed by atoms with van der Waals surface area (Å²) in [4.78, 5) is 19.2. The van der Waals surface area contributed by atoms with Crippen LogP contribution < -0.4 is 11.1 Å². The fraction of sp³-hybridized carbons (Fsp3) is 0.444. The molecular weight excluding hydrogens is 180 g/mol. The Bertz CT molecular complexity index is 346. The molecule has 2 heterocycles. The van der Waals surface area contributed by atoms with Crippen molar-refractivity contribution < 1.29 is 4.79 Å². The molecule has 0 aliphatic carbocycles. The molecule has 1 aromatic heterocycles. The van der Waals surface area contributed by atoms with Gasteiger partial charge in [0, 0.05) is 24.9 Å². The summed E-state index contributed by atoms with van der Waals surface area (Å²) in [5, 5.41) is 3.22. The second kappa shape index (κ2) is 3.71. The Kier molecular flexibility index (Phi) is 2.41. The van der Waals surface area contributed by atoms with Crippen LogP contribution >= 0.6 is 0 Å². The highest BCUT2D eigenvalue weighted by Crippen LogP contribution is 2.21. The number of nitrogens with zero attached hydrogens (tertiary/aromatic N) is 2. The van der Waals surface area contributed by atoms with Crippen LogP contribution in [0.3, 0.4) is 0 Å². The van der Waals surface area contributed by atoms with Gasteiger partial charge in [0.05, 0.1) is 5.69 Å². The lowest BCUT2D eigenvalue weighted by molar-refractivity contribution is 0.0993. The fourth-order valence-electron chi connectivity index (χ4n) is 1.73. The number of primary amides is 1. The summed E-state index contributed by atoms with van der Waals surface area (Å²) in [6.45, 7) is 1.80. The van der Waals surface area contributed by atoms with Crippen LogP contribution in [0.1, 0.15) is 28.5 Å². The normalized spacial score (nSPS) is 21.0. The molecule has 0 spiro atoms. The van der Waals surface area contributed by atoms with Crippen LogP contribution in [0.4, 0.5) is 0 Å². The molecule has 1 aliphatic rings. The van der Waals surface area contributed by atoms with Gasteiger partial charge < -0.3 is 11.1 Å². The maximum absolute atomic E-state index is 11.1. The van der Waals surface area contributed by atoms with Crippen molar-refractivity contribution >= 4 is 5.91 Å². The molecule has 1 saturated heterocycles. The zero-order chi connectivity index (χ0) is 9.97. The van der Waals surface area contributed by atoms with Crippen LogP contribution in [0.5, 0.6) is 0 Å². The lowest BCUT2D eigenvalue weighted by Crippen LogP contribution is -2.19. The molecule has 0 unspecified atom stereocenters. The molecule has 1 aliphatic heterocycles. The van der Waals surface area contributed by atoms with Gasteiger partial charge in [-0.1, -0.05) is 0 Å². The first kappa shape index (κ1) is 9.08. The molecule has 0 radical (unpaired) electrons. The van der Waals surface area contributed by atoms with E-state index in [2.05, 4.69) is 15.3 Å². The summed E-state index contributed by atoms with van der Waals surface area (Å²) in [6, 6.07) is 0. The number of rotatable bonds is 2. The molecule has 0 bridgehead atoms. The average Bonchev–Trinajstić information content (AvgIpc) is 2.70. The fourth-order valence-corrected chi connectivity index (χ4v) is 1.73. The van der Waals surface area contributed by atoms with Crippen LogP contribution in [0.15, 0.2) is 12.4 Å². The SMILES string of the molecule is NC(=O)c1nccnc1[C@@H]1CCNC1. The van der Waals surface area contributed by atoms with E-state index in [0.29, 0.717) is 5.69 Å². The molecule has 74 valence electrons. The van der Waals surface area contributed by atoms with Crippen molar-refractivity contribution in [1.82, 2.24) is 15.3 Å². The summed E-state index contributed by atoms with van der Waals surface area (Å²) in [7, 11) is 0. The maximum Gasteiger partial charge on any atom is 0.269 e. The van der Waals surface area contributed by atoms with Gasteiger partial charge in [0.25, 0.3) is 5.91 Å². The van der Waals surface area contributed by atoms with Gasteiger partial charge in [-0.25, -0.2) is 4.98 Å². The molecule has 5 nitrogen and oxygen atoms in total. The van der Waals surface area contributed by atoms with Crippen molar-refractivity contribution in [3.05, 3.63) is 23.8 Å². The minimum absolute atomic E-state index is 0.270. The molecule has 1 aromatic rings. The molecule has 5 heteroatoms. The first-order valence-corrected chi connectivity index (χ1v) is 4.60. The minimum Gasteiger partial charge on any atom is -0.364 e. The van der Waals surface area contributed by atoms with Crippen molar-refractivity contribution in [2.24, 2.45) is 5.73 Å². The van der Waals surface area contributed by atoms with Gasteiger partial charge in [0.15, 0.2) is 0 Å². The predicted molar refractivity (Wildman–Crippen MR) is 50.8 cm³/mol. The largest absolute Gasteiger partial charge is 0.364 e. The van der Waals surface area contributed by atoms with Crippen molar-refractivity contribution in [2.45, 2.75) is 12.3 Å². The number of amides is 1. The first-order valence-electron chi connectivity index (χ1n) is 4.60. The van der Waals surface area contributed by atoms with Gasteiger partial charge >= 0.3 is 0 Å². The number of hydrogen-bond acceptors (Lipinski definition) is 4. The summed E-state index contributed by atoms with van der Waals surface area (Å²) in [5.74, 6) is -0.230. The standard InChI is InChI=1S/C9H12N4O/c10-9(14)8-7(12-3-4-13-8)6-1-2-11-5-6/h3-4,6,11H,1-2,5H2,(H2,10,14)/t6-/m1/s1. The highest BCUT2D eigenvalue weighted by atomic mass is 16.1. The third-order valence-corrected chi connectivity index (χ3v) is 2.41. The number of hydrogen-bond donors (Lipinski definition) is 2. The second-order valence-corrected chi connectivity index (χ2v) is 3.34. The van der Waals surface area contributed by atoms with Crippen LogP contribution in [-0.4, -0.2) is 29.0 Å². The average molecular weight is 192 g/mol. The third kappa shape index (κ3) is 1.58. The Morgan fingerprint density at radius 3 is 2.93 bits per heavy atom. The van der Waals surface area contributed by atoms with E-state index in [9.17, 15) is 4.79 Å². The number of nitrogens with two attached hydrogens (primary N) is 1. The summed E-state index contributed by atoms with van der Waals surface area (Å²) < 4.78 is 0. The summed E-state index contributed by atoms with van der Waals surface area (Å²) >= 11 is 0. The van der Waals surface area contributed by atoms with E-state index >= 15 is 0 Å². The zero-order valence-electron chi connectivity index (χ0n) is 7.73. The number of carbonyl (C=O) groups excluding carboxylic acids is 1. The van der Waals surface area contributed by atoms with E-state index in [-0.39, 0.29) is 5.92 Å². The van der Waals surface area contributed by atoms with E-state index in [4.69, 9.17) is 5.73 Å². The van der Waals surface area contributed by atoms with E-state index in [1.54, 1.807) is 6.20 Å². The Morgan fingerprint density at radius 1 is 1.50 bits per heavy atom. The minimum atomic E-state index is -0.500. The van der Waals surface area contributed by atoms with E-state index in [1.807, 2.05) is 0 Å². The Labute approximate surface area is 81.7 Å². The smallest absolute Gasteiger partial charge is 0.269 e. The second-order valence-electron chi connectivity index (χ2n) is 3.34. The van der Waals surface area contributed by atoms with Gasteiger partial charge in [-0.2, -0.15) is 0 Å². The molecule has 14 heavy (non-hydrogen) atoms. The monoisotopic (exact) mass is 192 g/mol. The highest BCUT2D eigenvalue weighted by molar-refractivity contribution is 5.91. The van der Waals surface area contributed by atoms with E-state index in [1.165, 1.54) is 6.20 Å². The van der Waals surface area contributed by atoms with Crippen molar-refractivity contribution in [2.75, 3.05) is 13.1 Å². The molecule has 0 aromatic carbocycles. The van der Waals surface area contributed by atoms with Crippen LogP contribution in [0.2, 0.25) is 0 Å². The van der Waals surface area contributed by atoms with Gasteiger partial charge in [0.2, 0.25) is 0 Å². The number of carbonyl (C=O) groups is 1. The molecule has 3 N–H and O–H groups in total. The predicted octanol–water partition coefficient (Wildman–Crippen LogP) is -0.348. The van der Waals surface area contributed by atoms with Gasteiger partial charge in [-0.05, 0) is 13.0 Å². The van der Waals surface area contributed by atoms with Gasteiger partial charge in [-0.3, -0.25) is 9.78 Å². The quantitative estimate of drug-likeness (QED) is 0.671.